The second kappa shape index (κ2) is 1.22. The van der Waals surface area contributed by atoms with Gasteiger partial charge in [0.2, 0.25) is 0 Å². The highest BCUT2D eigenvalue weighted by molar-refractivity contribution is 5.82. The molecule has 1 rings (SSSR count). The minimum atomic E-state index is 0.368. The first-order valence-corrected chi connectivity index (χ1v) is 2.55. The highest BCUT2D eigenvalue weighted by Gasteiger charge is 2.34. The second-order valence-corrected chi connectivity index (χ2v) is 2.27. The monoisotopic (exact) mass is 98.1 g/mol. The van der Waals surface area contributed by atoms with Crippen LogP contribution >= 0.6 is 0 Å². The lowest BCUT2D eigenvalue weighted by atomic mass is 10.3. The van der Waals surface area contributed by atoms with Crippen molar-refractivity contribution in [3.8, 4) is 0 Å². The first-order valence-electron chi connectivity index (χ1n) is 2.55. The van der Waals surface area contributed by atoms with Crippen molar-refractivity contribution in [3.05, 3.63) is 0 Å². The van der Waals surface area contributed by atoms with Crippen molar-refractivity contribution in [1.82, 2.24) is 0 Å². The predicted molar refractivity (Wildman–Crippen MR) is 29.2 cm³/mol. The molecule has 0 saturated heterocycles. The summed E-state index contributed by atoms with van der Waals surface area (Å²) in [7, 11) is 0. The van der Waals surface area contributed by atoms with Crippen LogP contribution in [0.2, 0.25) is 0 Å². The Balaban J connectivity index is 2.33. The third kappa shape index (κ3) is 0.734. The molecule has 3 N–H and O–H groups in total. The van der Waals surface area contributed by atoms with Crippen LogP contribution in [0.15, 0.2) is 0 Å². The van der Waals surface area contributed by atoms with E-state index in [1.807, 2.05) is 0 Å². The number of rotatable bonds is 1. The summed E-state index contributed by atoms with van der Waals surface area (Å²) < 4.78 is 0. The van der Waals surface area contributed by atoms with E-state index in [-0.39, 0.29) is 0 Å². The highest BCUT2D eigenvalue weighted by Crippen LogP contribution is 2.36. The van der Waals surface area contributed by atoms with E-state index in [2.05, 4.69) is 6.92 Å². The number of nitrogens with two attached hydrogens (primary N) is 1. The van der Waals surface area contributed by atoms with Crippen molar-refractivity contribution < 1.29 is 0 Å². The van der Waals surface area contributed by atoms with Gasteiger partial charge in [0.15, 0.2) is 0 Å². The van der Waals surface area contributed by atoms with Gasteiger partial charge in [0.05, 0.1) is 5.84 Å². The van der Waals surface area contributed by atoms with Gasteiger partial charge in [-0.05, 0) is 12.3 Å². The van der Waals surface area contributed by atoms with E-state index in [0.717, 1.165) is 6.42 Å². The number of hydrogen-bond acceptors (Lipinski definition) is 1. The van der Waals surface area contributed by atoms with Gasteiger partial charge in [-0.3, -0.25) is 5.41 Å². The third-order valence-corrected chi connectivity index (χ3v) is 1.51. The minimum absolute atomic E-state index is 0.368. The molecule has 1 fully saturated rings. The molecule has 1 aliphatic carbocycles. The molecule has 7 heavy (non-hydrogen) atoms. The molecule has 0 unspecified atom stereocenters. The van der Waals surface area contributed by atoms with Gasteiger partial charge in [0.25, 0.3) is 0 Å². The van der Waals surface area contributed by atoms with E-state index in [9.17, 15) is 0 Å². The minimum Gasteiger partial charge on any atom is -0.387 e. The average Bonchev–Trinajstić information content (AvgIpc) is 2.17. The van der Waals surface area contributed by atoms with Crippen LogP contribution in [0, 0.1) is 17.2 Å². The summed E-state index contributed by atoms with van der Waals surface area (Å²) in [4.78, 5) is 0. The van der Waals surface area contributed by atoms with Crippen molar-refractivity contribution >= 4 is 5.84 Å². The van der Waals surface area contributed by atoms with Gasteiger partial charge in [-0.15, -0.1) is 0 Å². The van der Waals surface area contributed by atoms with Crippen LogP contribution in [-0.2, 0) is 0 Å². The van der Waals surface area contributed by atoms with E-state index in [1.54, 1.807) is 0 Å². The zero-order valence-corrected chi connectivity index (χ0v) is 4.44. The molecule has 0 aromatic rings. The van der Waals surface area contributed by atoms with Crippen LogP contribution in [0.3, 0.4) is 0 Å². The average molecular weight is 98.1 g/mol. The summed E-state index contributed by atoms with van der Waals surface area (Å²) >= 11 is 0. The lowest BCUT2D eigenvalue weighted by molar-refractivity contribution is 0.915. The van der Waals surface area contributed by atoms with Crippen LogP contribution in [0.5, 0.6) is 0 Å². The van der Waals surface area contributed by atoms with E-state index >= 15 is 0 Å². The molecule has 2 heteroatoms. The Labute approximate surface area is 43.2 Å². The van der Waals surface area contributed by atoms with E-state index < -0.39 is 0 Å². The van der Waals surface area contributed by atoms with E-state index in [0.29, 0.717) is 17.7 Å². The Morgan fingerprint density at radius 1 is 1.86 bits per heavy atom. The van der Waals surface area contributed by atoms with Gasteiger partial charge in [-0.2, -0.15) is 0 Å². The molecule has 0 bridgehead atoms. The van der Waals surface area contributed by atoms with Crippen molar-refractivity contribution in [3.63, 3.8) is 0 Å². The van der Waals surface area contributed by atoms with Gasteiger partial charge < -0.3 is 5.73 Å². The summed E-state index contributed by atoms with van der Waals surface area (Å²) in [5.41, 5.74) is 5.17. The SMILES string of the molecule is C[C@@H]1C[C@H]1C(=N)N. The topological polar surface area (TPSA) is 49.9 Å². The lowest BCUT2D eigenvalue weighted by Crippen LogP contribution is -2.12. The Morgan fingerprint density at radius 3 is 2.29 bits per heavy atom. The van der Waals surface area contributed by atoms with E-state index in [1.165, 1.54) is 0 Å². The molecule has 0 radical (unpaired) electrons. The summed E-state index contributed by atoms with van der Waals surface area (Å²) in [6, 6.07) is 0. The molecule has 0 amide bonds. The molecular weight excluding hydrogens is 88.1 g/mol. The van der Waals surface area contributed by atoms with Crippen LogP contribution in [-0.4, -0.2) is 5.84 Å². The quantitative estimate of drug-likeness (QED) is 0.366. The highest BCUT2D eigenvalue weighted by atomic mass is 14.7. The van der Waals surface area contributed by atoms with Crippen LogP contribution in [0.1, 0.15) is 13.3 Å². The summed E-state index contributed by atoms with van der Waals surface area (Å²) in [5.74, 6) is 1.49. The molecule has 1 saturated carbocycles. The van der Waals surface area contributed by atoms with Gasteiger partial charge in [0.1, 0.15) is 0 Å². The smallest absolute Gasteiger partial charge is 0.0939 e. The molecular formula is C5H10N2. The van der Waals surface area contributed by atoms with Crippen molar-refractivity contribution in [2.45, 2.75) is 13.3 Å². The fraction of sp³-hybridized carbons (Fsp3) is 0.800. The van der Waals surface area contributed by atoms with E-state index in [4.69, 9.17) is 11.1 Å². The maximum Gasteiger partial charge on any atom is 0.0939 e. The van der Waals surface area contributed by atoms with Gasteiger partial charge in [0, 0.05) is 5.92 Å². The van der Waals surface area contributed by atoms with Crippen LogP contribution < -0.4 is 5.73 Å². The first kappa shape index (κ1) is 4.62. The Morgan fingerprint density at radius 2 is 2.29 bits per heavy atom. The Hall–Kier alpha value is -0.530. The molecule has 40 valence electrons. The second-order valence-electron chi connectivity index (χ2n) is 2.27. The number of nitrogens with one attached hydrogen (secondary N) is 1. The van der Waals surface area contributed by atoms with Crippen LogP contribution in [0.25, 0.3) is 0 Å². The predicted octanol–water partition coefficient (Wildman–Crippen LogP) is 0.578. The maximum absolute atomic E-state index is 6.92. The largest absolute Gasteiger partial charge is 0.387 e. The van der Waals surface area contributed by atoms with Gasteiger partial charge >= 0.3 is 0 Å². The maximum atomic E-state index is 6.92. The summed E-state index contributed by atoms with van der Waals surface area (Å²) in [6.45, 7) is 2.12. The normalized spacial score (nSPS) is 37.9. The van der Waals surface area contributed by atoms with Crippen molar-refractivity contribution in [2.75, 3.05) is 0 Å². The zero-order chi connectivity index (χ0) is 5.44. The molecule has 0 spiro atoms. The van der Waals surface area contributed by atoms with Gasteiger partial charge in [-0.1, -0.05) is 6.92 Å². The van der Waals surface area contributed by atoms with Crippen molar-refractivity contribution in [1.29, 1.82) is 5.41 Å². The van der Waals surface area contributed by atoms with Gasteiger partial charge in [-0.25, -0.2) is 0 Å². The Bertz CT molecular complexity index is 98.3. The summed E-state index contributed by atoms with van der Waals surface area (Å²) in [6.07, 6.45) is 1.13. The van der Waals surface area contributed by atoms with Crippen molar-refractivity contribution in [2.24, 2.45) is 17.6 Å². The molecule has 0 aromatic heterocycles. The molecule has 2 nitrogen and oxygen atoms in total. The lowest BCUT2D eigenvalue weighted by Gasteiger charge is -1.86. The fourth-order valence-corrected chi connectivity index (χ4v) is 0.755. The van der Waals surface area contributed by atoms with Crippen LogP contribution in [0.4, 0.5) is 0 Å². The summed E-state index contributed by atoms with van der Waals surface area (Å²) in [5, 5.41) is 6.92. The third-order valence-electron chi connectivity index (χ3n) is 1.51. The Kier molecular flexibility index (Phi) is 0.805. The standard InChI is InChI=1S/C5H10N2/c1-3-2-4(3)5(6)7/h3-4H,2H2,1H3,(H3,6,7)/t3-,4-/m1/s1. The molecule has 1 aliphatic rings. The first-order chi connectivity index (χ1) is 3.22. The fourth-order valence-electron chi connectivity index (χ4n) is 0.755. The molecule has 0 heterocycles. The number of hydrogen-bond donors (Lipinski definition) is 2. The molecule has 0 aliphatic heterocycles. The molecule has 0 aromatic carbocycles. The molecule has 2 atom stereocenters. The number of amidine groups is 1. The zero-order valence-electron chi connectivity index (χ0n) is 4.44.